The smallest absolute Gasteiger partial charge is 0.281 e. The van der Waals surface area contributed by atoms with E-state index in [1.807, 2.05) is 19.0 Å². The van der Waals surface area contributed by atoms with Gasteiger partial charge in [0, 0.05) is 43.7 Å². The molecule has 0 spiro atoms. The first-order chi connectivity index (χ1) is 12.3. The number of anilines is 3. The molecule has 0 aromatic heterocycles. The van der Waals surface area contributed by atoms with Gasteiger partial charge in [-0.1, -0.05) is 0 Å². The number of hydrogen-bond donors (Lipinski definition) is 2. The van der Waals surface area contributed by atoms with Crippen LogP contribution in [0.2, 0.25) is 0 Å². The third-order valence-electron chi connectivity index (χ3n) is 3.84. The van der Waals surface area contributed by atoms with E-state index in [1.54, 1.807) is 24.3 Å². The molecule has 1 heterocycles. The van der Waals surface area contributed by atoms with Gasteiger partial charge in [0.1, 0.15) is 5.70 Å². The summed E-state index contributed by atoms with van der Waals surface area (Å²) in [5.41, 5.74) is 1.04. The van der Waals surface area contributed by atoms with Gasteiger partial charge in [-0.05, 0) is 24.3 Å². The molecule has 3 rings (SSSR count). The number of nitrogens with one attached hydrogen (secondary N) is 1. The van der Waals surface area contributed by atoms with Crippen LogP contribution in [0, 0.1) is 11.6 Å². The molecule has 0 unspecified atom stereocenters. The molecule has 0 radical (unpaired) electrons. The van der Waals surface area contributed by atoms with Gasteiger partial charge in [0.25, 0.3) is 11.8 Å². The van der Waals surface area contributed by atoms with Crippen molar-refractivity contribution in [2.45, 2.75) is 0 Å². The molecule has 2 aromatic rings. The largest absolute Gasteiger partial charge is 0.503 e. The SMILES string of the molecule is CN(C)c1ccc(N2C(=O)C=C(Nc3cc(F)c(O)c(F)c3)C2=O)cc1. The lowest BCUT2D eigenvalue weighted by Gasteiger charge is -2.17. The molecule has 1 aliphatic heterocycles. The van der Waals surface area contributed by atoms with E-state index >= 15 is 0 Å². The topological polar surface area (TPSA) is 72.9 Å². The van der Waals surface area contributed by atoms with Crippen molar-refractivity contribution in [2.75, 3.05) is 29.2 Å². The molecule has 8 heteroatoms. The van der Waals surface area contributed by atoms with Crippen molar-refractivity contribution in [2.24, 2.45) is 0 Å². The Bertz CT molecular complexity index is 901. The van der Waals surface area contributed by atoms with Gasteiger partial charge in [-0.3, -0.25) is 9.59 Å². The molecule has 2 aromatic carbocycles. The van der Waals surface area contributed by atoms with Gasteiger partial charge >= 0.3 is 0 Å². The van der Waals surface area contributed by atoms with Crippen molar-refractivity contribution >= 4 is 28.9 Å². The summed E-state index contributed by atoms with van der Waals surface area (Å²) in [7, 11) is 3.72. The summed E-state index contributed by atoms with van der Waals surface area (Å²) in [6.07, 6.45) is 1.05. The molecular weight excluding hydrogens is 344 g/mol. The minimum absolute atomic E-state index is 0.102. The fourth-order valence-electron chi connectivity index (χ4n) is 2.50. The zero-order valence-electron chi connectivity index (χ0n) is 14.0. The molecule has 0 fully saturated rings. The van der Waals surface area contributed by atoms with Crippen LogP contribution in [0.5, 0.6) is 5.75 Å². The number of nitrogens with zero attached hydrogens (tertiary/aromatic N) is 2. The minimum Gasteiger partial charge on any atom is -0.503 e. The highest BCUT2D eigenvalue weighted by Gasteiger charge is 2.32. The predicted molar refractivity (Wildman–Crippen MR) is 93.0 cm³/mol. The Balaban J connectivity index is 1.83. The number of aromatic hydroxyl groups is 1. The molecule has 0 saturated heterocycles. The zero-order valence-corrected chi connectivity index (χ0v) is 14.0. The lowest BCUT2D eigenvalue weighted by molar-refractivity contribution is -0.120. The Morgan fingerprint density at radius 1 is 1.04 bits per heavy atom. The van der Waals surface area contributed by atoms with E-state index in [9.17, 15) is 18.4 Å². The molecule has 0 saturated carbocycles. The maximum atomic E-state index is 13.4. The number of imide groups is 1. The van der Waals surface area contributed by atoms with E-state index in [0.717, 1.165) is 28.8 Å². The molecule has 1 aliphatic rings. The molecule has 134 valence electrons. The molecular formula is C18H15F2N3O3. The van der Waals surface area contributed by atoms with E-state index in [1.165, 1.54) is 0 Å². The fraction of sp³-hybridized carbons (Fsp3) is 0.111. The zero-order chi connectivity index (χ0) is 19.0. The van der Waals surface area contributed by atoms with Crippen molar-refractivity contribution in [3.8, 4) is 5.75 Å². The first-order valence-corrected chi connectivity index (χ1v) is 7.60. The van der Waals surface area contributed by atoms with Gasteiger partial charge in [0.05, 0.1) is 5.69 Å². The third kappa shape index (κ3) is 3.08. The number of phenols is 1. The van der Waals surface area contributed by atoms with Crippen molar-refractivity contribution in [1.29, 1.82) is 0 Å². The molecule has 26 heavy (non-hydrogen) atoms. The summed E-state index contributed by atoms with van der Waals surface area (Å²) in [4.78, 5) is 27.5. The van der Waals surface area contributed by atoms with Crippen LogP contribution in [0.25, 0.3) is 0 Å². The van der Waals surface area contributed by atoms with Crippen LogP contribution in [0.4, 0.5) is 25.8 Å². The molecule has 6 nitrogen and oxygen atoms in total. The maximum absolute atomic E-state index is 13.4. The van der Waals surface area contributed by atoms with Crippen molar-refractivity contribution in [3.05, 3.63) is 59.8 Å². The van der Waals surface area contributed by atoms with Gasteiger partial charge in [0.2, 0.25) is 0 Å². The van der Waals surface area contributed by atoms with Crippen LogP contribution in [0.1, 0.15) is 0 Å². The number of rotatable bonds is 4. The highest BCUT2D eigenvalue weighted by atomic mass is 19.1. The number of amides is 2. The number of hydrogen-bond acceptors (Lipinski definition) is 5. The van der Waals surface area contributed by atoms with E-state index < -0.39 is 29.2 Å². The Hall–Kier alpha value is -3.42. The second kappa shape index (κ2) is 6.47. The van der Waals surface area contributed by atoms with Crippen LogP contribution in [-0.2, 0) is 9.59 Å². The van der Waals surface area contributed by atoms with Gasteiger partial charge in [-0.15, -0.1) is 0 Å². The second-order valence-corrected chi connectivity index (χ2v) is 5.86. The second-order valence-electron chi connectivity index (χ2n) is 5.86. The first-order valence-electron chi connectivity index (χ1n) is 7.60. The maximum Gasteiger partial charge on any atom is 0.281 e. The monoisotopic (exact) mass is 359 g/mol. The van der Waals surface area contributed by atoms with E-state index in [2.05, 4.69) is 5.32 Å². The molecule has 2 N–H and O–H groups in total. The highest BCUT2D eigenvalue weighted by Crippen LogP contribution is 2.28. The standard InChI is InChI=1S/C18H15F2N3O3/c1-22(2)11-3-5-12(6-4-11)23-16(24)9-15(18(23)26)21-10-7-13(19)17(25)14(20)8-10/h3-9,21,25H,1-2H3. The van der Waals surface area contributed by atoms with Gasteiger partial charge < -0.3 is 15.3 Å². The number of carbonyl (C=O) groups is 2. The van der Waals surface area contributed by atoms with Gasteiger partial charge in [0.15, 0.2) is 17.4 Å². The van der Waals surface area contributed by atoms with Crippen molar-refractivity contribution in [1.82, 2.24) is 0 Å². The lowest BCUT2D eigenvalue weighted by Crippen LogP contribution is -2.31. The summed E-state index contributed by atoms with van der Waals surface area (Å²) in [6.45, 7) is 0. The van der Waals surface area contributed by atoms with Crippen LogP contribution in [0.15, 0.2) is 48.2 Å². The van der Waals surface area contributed by atoms with Crippen molar-refractivity contribution in [3.63, 3.8) is 0 Å². The number of phenolic OH excluding ortho intramolecular Hbond substituents is 1. The summed E-state index contributed by atoms with van der Waals surface area (Å²) in [5.74, 6) is -4.70. The van der Waals surface area contributed by atoms with Crippen LogP contribution >= 0.6 is 0 Å². The summed E-state index contributed by atoms with van der Waals surface area (Å²) < 4.78 is 26.8. The average Bonchev–Trinajstić information content (AvgIpc) is 2.86. The Morgan fingerprint density at radius 2 is 1.62 bits per heavy atom. The van der Waals surface area contributed by atoms with Crippen LogP contribution in [-0.4, -0.2) is 31.0 Å². The van der Waals surface area contributed by atoms with Gasteiger partial charge in [-0.25, -0.2) is 13.7 Å². The molecule has 2 amide bonds. The van der Waals surface area contributed by atoms with Crippen LogP contribution in [0.3, 0.4) is 0 Å². The molecule has 0 atom stereocenters. The van der Waals surface area contributed by atoms with E-state index in [4.69, 9.17) is 5.11 Å². The highest BCUT2D eigenvalue weighted by molar-refractivity contribution is 6.31. The summed E-state index contributed by atoms with van der Waals surface area (Å²) in [5, 5.41) is 11.6. The summed E-state index contributed by atoms with van der Waals surface area (Å²) in [6, 6.07) is 8.42. The number of benzene rings is 2. The molecule has 0 bridgehead atoms. The minimum atomic E-state index is -1.18. The van der Waals surface area contributed by atoms with Crippen molar-refractivity contribution < 1.29 is 23.5 Å². The van der Waals surface area contributed by atoms with Gasteiger partial charge in [-0.2, -0.15) is 0 Å². The quantitative estimate of drug-likeness (QED) is 0.649. The predicted octanol–water partition coefficient (Wildman–Crippen LogP) is 2.61. The van der Waals surface area contributed by atoms with E-state index in [-0.39, 0.29) is 11.4 Å². The van der Waals surface area contributed by atoms with Crippen LogP contribution < -0.4 is 15.1 Å². The average molecular weight is 359 g/mol. The Kier molecular flexibility index (Phi) is 4.33. The Labute approximate surface area is 148 Å². The first kappa shape index (κ1) is 17.4. The number of carbonyl (C=O) groups excluding carboxylic acids is 2. The number of halogens is 2. The van der Waals surface area contributed by atoms with E-state index in [0.29, 0.717) is 5.69 Å². The molecule has 0 aliphatic carbocycles. The lowest BCUT2D eigenvalue weighted by atomic mass is 10.2. The normalized spacial score (nSPS) is 13.8. The third-order valence-corrected chi connectivity index (χ3v) is 3.84. The fourth-order valence-corrected chi connectivity index (χ4v) is 2.50. The summed E-state index contributed by atoms with van der Waals surface area (Å²) >= 11 is 0. The Morgan fingerprint density at radius 3 is 2.15 bits per heavy atom.